The van der Waals surface area contributed by atoms with Gasteiger partial charge < -0.3 is 64.7 Å². The van der Waals surface area contributed by atoms with E-state index in [1.807, 2.05) is 0 Å². The van der Waals surface area contributed by atoms with E-state index in [0.29, 0.717) is 0 Å². The molecule has 2 fully saturated rings. The van der Waals surface area contributed by atoms with Crippen LogP contribution in [0.2, 0.25) is 0 Å². The van der Waals surface area contributed by atoms with Crippen molar-refractivity contribution in [3.63, 3.8) is 0 Å². The highest BCUT2D eigenvalue weighted by Crippen LogP contribution is 2.30. The number of aliphatic hydroxyl groups excluding tert-OH is 6. The van der Waals surface area contributed by atoms with E-state index in [1.165, 1.54) is 0 Å². The lowest BCUT2D eigenvalue weighted by Crippen LogP contribution is -2.64. The molecule has 38 heavy (non-hydrogen) atoms. The molecule has 0 bridgehead atoms. The quantitative estimate of drug-likeness (QED) is 0.0851. The Morgan fingerprint density at radius 3 is 2.21 bits per heavy atom. The fraction of sp³-hybridized carbons (Fsp3) is 0.773. The van der Waals surface area contributed by atoms with Crippen LogP contribution in [0.4, 0.5) is 5.69 Å². The predicted molar refractivity (Wildman–Crippen MR) is 123 cm³/mol. The molecule has 0 radical (unpaired) electrons. The lowest BCUT2D eigenvalue weighted by Gasteiger charge is -2.46. The summed E-state index contributed by atoms with van der Waals surface area (Å²) < 4.78 is 27.2. The zero-order chi connectivity index (χ0) is 28.1. The second kappa shape index (κ2) is 13.2. The minimum absolute atomic E-state index is 0.0276. The summed E-state index contributed by atoms with van der Waals surface area (Å²) >= 11 is 0. The third-order valence-electron chi connectivity index (χ3n) is 6.27. The normalized spacial score (nSPS) is 35.8. The Bertz CT molecular complexity index is 996. The van der Waals surface area contributed by atoms with Gasteiger partial charge in [-0.05, 0) is 13.3 Å². The summed E-state index contributed by atoms with van der Waals surface area (Å²) in [6.07, 6.45) is -16.5. The van der Waals surface area contributed by atoms with Crippen LogP contribution < -0.4 is 20.9 Å². The molecule has 0 aliphatic carbocycles. The average Bonchev–Trinajstić information content (AvgIpc) is 2.90. The van der Waals surface area contributed by atoms with Crippen molar-refractivity contribution in [3.05, 3.63) is 20.4 Å². The maximum absolute atomic E-state index is 11.7. The number of aliphatic hydroxyl groups is 6. The maximum atomic E-state index is 11.7. The van der Waals surface area contributed by atoms with Crippen LogP contribution in [0.3, 0.4) is 0 Å². The molecule has 0 amide bonds. The van der Waals surface area contributed by atoms with Gasteiger partial charge in [0.2, 0.25) is 0 Å². The van der Waals surface area contributed by atoms with Crippen LogP contribution >= 0.6 is 0 Å². The van der Waals surface area contributed by atoms with Crippen molar-refractivity contribution in [3.8, 4) is 5.75 Å². The van der Waals surface area contributed by atoms with Gasteiger partial charge in [-0.15, -0.1) is 0 Å². The molecule has 1 aromatic carbocycles. The Morgan fingerprint density at radius 2 is 1.58 bits per heavy atom. The summed E-state index contributed by atoms with van der Waals surface area (Å²) in [4.78, 5) is 34.2. The van der Waals surface area contributed by atoms with Crippen molar-refractivity contribution in [2.45, 2.75) is 81.2 Å². The molecule has 0 saturated carbocycles. The van der Waals surface area contributed by atoms with Gasteiger partial charge >= 0.3 is 5.97 Å². The number of carboxylic acid groups (broad SMARTS) is 1. The standard InChI is InChI=1S/C22H33NO15/c1-2-34-19-11(14(29)17(19)32)23-5-6-35-22-20(16(31)13(28)9(7-24)37-22)38-21-18(33)15(30)12(27)8(36-21)3-4-10(25)26/h8-9,12-13,15-16,18,20-24,27-28,30-31,33H,2-7H2,1H3,(H,25,26)/t8?,9?,12-,13-,15?,16?,18-,20-,21-,22+/m1/s1. The number of nitrogens with one attached hydrogen (secondary N) is 1. The molecule has 10 atom stereocenters. The smallest absolute Gasteiger partial charge is 0.303 e. The van der Waals surface area contributed by atoms with E-state index >= 15 is 0 Å². The zero-order valence-corrected chi connectivity index (χ0v) is 20.4. The first kappa shape index (κ1) is 30.3. The molecular weight excluding hydrogens is 518 g/mol. The van der Waals surface area contributed by atoms with Gasteiger partial charge in [0.05, 0.1) is 25.9 Å². The van der Waals surface area contributed by atoms with Crippen molar-refractivity contribution < 1.29 is 64.2 Å². The Morgan fingerprint density at radius 1 is 0.921 bits per heavy atom. The highest BCUT2D eigenvalue weighted by molar-refractivity contribution is 5.66. The van der Waals surface area contributed by atoms with Crippen molar-refractivity contribution in [1.82, 2.24) is 0 Å². The molecule has 1 aromatic rings. The summed E-state index contributed by atoms with van der Waals surface area (Å²) in [5.41, 5.74) is -1.55. The number of hydrogen-bond acceptors (Lipinski definition) is 15. The molecule has 2 heterocycles. The number of hydrogen-bond donors (Lipinski definition) is 8. The highest BCUT2D eigenvalue weighted by Gasteiger charge is 2.50. The largest absolute Gasteiger partial charge is 0.488 e. The van der Waals surface area contributed by atoms with E-state index in [0.717, 1.165) is 0 Å². The van der Waals surface area contributed by atoms with Gasteiger partial charge in [0, 0.05) is 13.0 Å². The van der Waals surface area contributed by atoms with E-state index < -0.39 is 91.3 Å². The predicted octanol–water partition coefficient (Wildman–Crippen LogP) is -4.39. The van der Waals surface area contributed by atoms with Gasteiger partial charge in [0.1, 0.15) is 48.4 Å². The van der Waals surface area contributed by atoms with E-state index in [2.05, 4.69) is 5.32 Å². The van der Waals surface area contributed by atoms with Crippen LogP contribution in [0.1, 0.15) is 19.8 Å². The zero-order valence-electron chi connectivity index (χ0n) is 20.4. The van der Waals surface area contributed by atoms with Gasteiger partial charge in [-0.2, -0.15) is 0 Å². The van der Waals surface area contributed by atoms with Crippen LogP contribution in [-0.4, -0.2) is 129 Å². The fourth-order valence-electron chi connectivity index (χ4n) is 4.19. The van der Waals surface area contributed by atoms with Crippen molar-refractivity contribution >= 4 is 11.7 Å². The van der Waals surface area contributed by atoms with Crippen LogP contribution in [0.5, 0.6) is 5.75 Å². The first-order valence-electron chi connectivity index (χ1n) is 12.0. The van der Waals surface area contributed by atoms with Crippen LogP contribution in [0, 0.1) is 0 Å². The summed E-state index contributed by atoms with van der Waals surface area (Å²) in [6.45, 7) is 0.876. The third-order valence-corrected chi connectivity index (χ3v) is 6.27. The second-order valence-corrected chi connectivity index (χ2v) is 8.85. The Labute approximate surface area is 215 Å². The van der Waals surface area contributed by atoms with Gasteiger partial charge in [0.25, 0.3) is 10.9 Å². The number of ether oxygens (including phenoxy) is 5. The van der Waals surface area contributed by atoms with Crippen LogP contribution in [0.25, 0.3) is 0 Å². The van der Waals surface area contributed by atoms with Gasteiger partial charge in [-0.25, -0.2) is 0 Å². The van der Waals surface area contributed by atoms with E-state index in [4.69, 9.17) is 28.8 Å². The molecule has 16 heteroatoms. The SMILES string of the molecule is CCOc1c(NCCO[C@H]2OC(CO)[C@@H](O)C(O)[C@H]2O[C@H]2OC(CCC(=O)O)[C@@H](O)C(O)[C@H]2O)c(=O)c1=O. The maximum Gasteiger partial charge on any atom is 0.303 e. The average molecular weight is 551 g/mol. The minimum atomic E-state index is -1.83. The van der Waals surface area contributed by atoms with E-state index in [9.17, 15) is 45.0 Å². The molecule has 2 aliphatic heterocycles. The monoisotopic (exact) mass is 551 g/mol. The second-order valence-electron chi connectivity index (χ2n) is 8.85. The Kier molecular flexibility index (Phi) is 10.5. The molecule has 0 aromatic heterocycles. The van der Waals surface area contributed by atoms with Crippen LogP contribution in [-0.2, 0) is 23.7 Å². The molecule has 3 rings (SSSR count). The van der Waals surface area contributed by atoms with Gasteiger partial charge in [0.15, 0.2) is 18.3 Å². The first-order chi connectivity index (χ1) is 18.0. The number of aliphatic carboxylic acids is 1. The molecular formula is C22H33NO15. The Hall–Kier alpha value is -2.25. The molecule has 2 saturated heterocycles. The van der Waals surface area contributed by atoms with Crippen molar-refractivity contribution in [2.24, 2.45) is 0 Å². The number of carbonyl (C=O) groups is 1. The van der Waals surface area contributed by atoms with Crippen molar-refractivity contribution in [2.75, 3.05) is 31.7 Å². The summed E-state index contributed by atoms with van der Waals surface area (Å²) in [5, 5.41) is 72.8. The molecule has 0 spiro atoms. The molecule has 2 aliphatic rings. The molecule has 216 valence electrons. The van der Waals surface area contributed by atoms with E-state index in [-0.39, 0.29) is 37.6 Å². The fourth-order valence-corrected chi connectivity index (χ4v) is 4.19. The van der Waals surface area contributed by atoms with Crippen LogP contribution in [0.15, 0.2) is 9.59 Å². The summed E-state index contributed by atoms with van der Waals surface area (Å²) in [6, 6.07) is 0. The summed E-state index contributed by atoms with van der Waals surface area (Å²) in [5.74, 6) is -1.29. The van der Waals surface area contributed by atoms with Crippen molar-refractivity contribution in [1.29, 1.82) is 0 Å². The van der Waals surface area contributed by atoms with Gasteiger partial charge in [-0.1, -0.05) is 0 Å². The number of rotatable bonds is 13. The first-order valence-corrected chi connectivity index (χ1v) is 12.0. The minimum Gasteiger partial charge on any atom is -0.488 e. The third kappa shape index (κ3) is 6.48. The topological polar surface area (TPSA) is 251 Å². The number of carboxylic acids is 1. The summed E-state index contributed by atoms with van der Waals surface area (Å²) in [7, 11) is 0. The lowest BCUT2D eigenvalue weighted by molar-refractivity contribution is -0.365. The van der Waals surface area contributed by atoms with E-state index in [1.54, 1.807) is 6.92 Å². The van der Waals surface area contributed by atoms with Gasteiger partial charge in [-0.3, -0.25) is 14.4 Å². The molecule has 16 nitrogen and oxygen atoms in total. The molecule has 4 unspecified atom stereocenters. The highest BCUT2D eigenvalue weighted by atomic mass is 16.8. The number of anilines is 1. The molecule has 8 N–H and O–H groups in total. The lowest BCUT2D eigenvalue weighted by atomic mass is 9.95. The Balaban J connectivity index is 1.67.